The summed E-state index contributed by atoms with van der Waals surface area (Å²) in [4.78, 5) is 6.33. The molecule has 31 heavy (non-hydrogen) atoms. The summed E-state index contributed by atoms with van der Waals surface area (Å²) in [6.45, 7) is 3.68. The summed E-state index contributed by atoms with van der Waals surface area (Å²) in [6, 6.07) is 5.00. The molecule has 2 N–H and O–H groups in total. The minimum absolute atomic E-state index is 0.0175. The standard InChI is InChI=1S/C22H27F2N5O2/c23-22(24,31-15-5-6-26-20(25)7-15)19-8-18(29(27-19)13-3-1-2-4-13)21-16-9-28(10-17(16)21)14-11-30-12-14/h5-8,13-14,16-17,21H,1-4,9-12H2,(H2,25,26). The maximum absolute atomic E-state index is 15.1. The number of nitrogens with two attached hydrogens (primary N) is 1. The molecular weight excluding hydrogens is 404 g/mol. The van der Waals surface area contributed by atoms with Gasteiger partial charge in [-0.25, -0.2) is 4.98 Å². The number of aromatic nitrogens is 3. The van der Waals surface area contributed by atoms with Crippen LogP contribution in [0.25, 0.3) is 0 Å². The number of pyridine rings is 1. The van der Waals surface area contributed by atoms with E-state index in [9.17, 15) is 0 Å². The van der Waals surface area contributed by atoms with Crippen LogP contribution >= 0.6 is 0 Å². The van der Waals surface area contributed by atoms with E-state index < -0.39 is 6.11 Å². The van der Waals surface area contributed by atoms with E-state index in [2.05, 4.69) is 15.0 Å². The normalized spacial score (nSPS) is 29.2. The van der Waals surface area contributed by atoms with Crippen molar-refractivity contribution < 1.29 is 18.3 Å². The lowest BCUT2D eigenvalue weighted by Crippen LogP contribution is -2.48. The molecule has 0 bridgehead atoms. The molecule has 0 spiro atoms. The van der Waals surface area contributed by atoms with E-state index in [0.29, 0.717) is 23.8 Å². The third-order valence-corrected chi connectivity index (χ3v) is 7.43. The van der Waals surface area contributed by atoms with Gasteiger partial charge in [-0.15, -0.1) is 0 Å². The van der Waals surface area contributed by atoms with Crippen LogP contribution in [0.3, 0.4) is 0 Å². The highest BCUT2D eigenvalue weighted by atomic mass is 19.3. The molecule has 9 heteroatoms. The third-order valence-electron chi connectivity index (χ3n) is 7.43. The molecule has 2 aromatic rings. The third kappa shape index (κ3) is 3.38. The molecule has 2 aliphatic carbocycles. The fourth-order valence-electron chi connectivity index (χ4n) is 5.66. The van der Waals surface area contributed by atoms with Crippen LogP contribution in [0.4, 0.5) is 14.6 Å². The van der Waals surface area contributed by atoms with Gasteiger partial charge in [0.2, 0.25) is 0 Å². The van der Waals surface area contributed by atoms with Crippen molar-refractivity contribution in [1.82, 2.24) is 19.7 Å². The molecule has 2 unspecified atom stereocenters. The lowest BCUT2D eigenvalue weighted by molar-refractivity contribution is -0.188. The zero-order valence-corrected chi connectivity index (χ0v) is 17.3. The fourth-order valence-corrected chi connectivity index (χ4v) is 5.66. The SMILES string of the molecule is Nc1cc(OC(F)(F)c2cc(C3C4CN(C5COC5)CC43)n(C3CCCC3)n2)ccn1. The first-order valence-corrected chi connectivity index (χ1v) is 11.2. The summed E-state index contributed by atoms with van der Waals surface area (Å²) in [5.41, 5.74) is 6.24. The van der Waals surface area contributed by atoms with E-state index in [1.54, 1.807) is 6.07 Å². The van der Waals surface area contributed by atoms with Crippen molar-refractivity contribution in [2.75, 3.05) is 32.0 Å². The predicted molar refractivity (Wildman–Crippen MR) is 109 cm³/mol. The first-order valence-electron chi connectivity index (χ1n) is 11.2. The van der Waals surface area contributed by atoms with Crippen molar-refractivity contribution in [3.8, 4) is 5.75 Å². The molecule has 0 aromatic carbocycles. The summed E-state index contributed by atoms with van der Waals surface area (Å²) in [7, 11) is 0. The average Bonchev–Trinajstić information content (AvgIpc) is 3.18. The quantitative estimate of drug-likeness (QED) is 0.757. The molecule has 2 saturated carbocycles. The molecular formula is C22H27F2N5O2. The predicted octanol–water partition coefficient (Wildman–Crippen LogP) is 3.15. The Balaban J connectivity index is 1.26. The highest BCUT2D eigenvalue weighted by Gasteiger charge is 2.59. The van der Waals surface area contributed by atoms with Crippen LogP contribution in [-0.2, 0) is 10.8 Å². The van der Waals surface area contributed by atoms with E-state index in [0.717, 1.165) is 57.7 Å². The van der Waals surface area contributed by atoms with Crippen LogP contribution in [0, 0.1) is 11.8 Å². The van der Waals surface area contributed by atoms with E-state index in [4.69, 9.17) is 15.2 Å². The van der Waals surface area contributed by atoms with Crippen molar-refractivity contribution in [3.05, 3.63) is 35.8 Å². The summed E-state index contributed by atoms with van der Waals surface area (Å²) in [5, 5.41) is 4.41. The molecule has 6 rings (SSSR count). The van der Waals surface area contributed by atoms with Gasteiger partial charge in [0.15, 0.2) is 5.69 Å². The van der Waals surface area contributed by atoms with Gasteiger partial charge in [-0.05, 0) is 36.8 Å². The zero-order valence-electron chi connectivity index (χ0n) is 17.3. The number of anilines is 1. The molecule has 4 heterocycles. The van der Waals surface area contributed by atoms with Crippen molar-refractivity contribution >= 4 is 5.82 Å². The lowest BCUT2D eigenvalue weighted by Gasteiger charge is -2.35. The Morgan fingerprint density at radius 2 is 1.84 bits per heavy atom. The summed E-state index contributed by atoms with van der Waals surface area (Å²) >= 11 is 0. The highest BCUT2D eigenvalue weighted by molar-refractivity contribution is 5.36. The van der Waals surface area contributed by atoms with Crippen molar-refractivity contribution in [1.29, 1.82) is 0 Å². The molecule has 0 radical (unpaired) electrons. The number of ether oxygens (including phenoxy) is 2. The minimum atomic E-state index is -3.54. The zero-order chi connectivity index (χ0) is 21.2. The second-order valence-electron chi connectivity index (χ2n) is 9.37. The number of fused-ring (bicyclic) bond motifs is 1. The van der Waals surface area contributed by atoms with Crippen LogP contribution in [0.15, 0.2) is 24.4 Å². The van der Waals surface area contributed by atoms with E-state index >= 15 is 8.78 Å². The number of likely N-dealkylation sites (tertiary alicyclic amines) is 1. The number of rotatable bonds is 6. The van der Waals surface area contributed by atoms with Crippen LogP contribution in [-0.4, -0.2) is 52.0 Å². The maximum atomic E-state index is 15.1. The topological polar surface area (TPSA) is 78.4 Å². The summed E-state index contributed by atoms with van der Waals surface area (Å²) in [6.07, 6.45) is 2.05. The fraction of sp³-hybridized carbons (Fsp3) is 0.636. The molecule has 166 valence electrons. The van der Waals surface area contributed by atoms with Gasteiger partial charge in [0, 0.05) is 37.0 Å². The van der Waals surface area contributed by atoms with E-state index in [1.807, 2.05) is 4.68 Å². The summed E-state index contributed by atoms with van der Waals surface area (Å²) in [5.74, 6) is 1.49. The second-order valence-corrected chi connectivity index (χ2v) is 9.37. The molecule has 2 atom stereocenters. The molecule has 4 fully saturated rings. The monoisotopic (exact) mass is 431 g/mol. The van der Waals surface area contributed by atoms with Gasteiger partial charge >= 0.3 is 6.11 Å². The molecule has 2 aliphatic heterocycles. The Labute approximate surface area is 179 Å². The van der Waals surface area contributed by atoms with Gasteiger partial charge in [-0.3, -0.25) is 9.58 Å². The first kappa shape index (κ1) is 19.4. The average molecular weight is 431 g/mol. The van der Waals surface area contributed by atoms with E-state index in [1.165, 1.54) is 18.3 Å². The van der Waals surface area contributed by atoms with Gasteiger partial charge in [0.1, 0.15) is 11.6 Å². The number of alkyl halides is 2. The Bertz CT molecular complexity index is 961. The number of hydrogen-bond donors (Lipinski definition) is 1. The van der Waals surface area contributed by atoms with Crippen molar-refractivity contribution in [2.24, 2.45) is 11.8 Å². The van der Waals surface area contributed by atoms with Gasteiger partial charge in [-0.2, -0.15) is 13.9 Å². The second kappa shape index (κ2) is 7.13. The largest absolute Gasteiger partial charge is 0.446 e. The van der Waals surface area contributed by atoms with Gasteiger partial charge in [0.05, 0.1) is 25.3 Å². The van der Waals surface area contributed by atoms with Crippen LogP contribution in [0.1, 0.15) is 49.0 Å². The van der Waals surface area contributed by atoms with E-state index in [-0.39, 0.29) is 23.3 Å². The van der Waals surface area contributed by atoms with Crippen molar-refractivity contribution in [2.45, 2.75) is 49.8 Å². The van der Waals surface area contributed by atoms with Gasteiger partial charge < -0.3 is 15.2 Å². The number of nitrogen functional groups attached to an aromatic ring is 1. The molecule has 4 aliphatic rings. The highest BCUT2D eigenvalue weighted by Crippen LogP contribution is 2.59. The number of piperidine rings is 1. The number of nitrogens with zero attached hydrogens (tertiary/aromatic N) is 4. The Kier molecular flexibility index (Phi) is 4.47. The molecule has 2 aromatic heterocycles. The lowest BCUT2D eigenvalue weighted by atomic mass is 10.1. The maximum Gasteiger partial charge on any atom is 0.446 e. The van der Waals surface area contributed by atoms with Crippen LogP contribution < -0.4 is 10.5 Å². The molecule has 0 amide bonds. The Hall–Kier alpha value is -2.26. The summed E-state index contributed by atoms with van der Waals surface area (Å²) < 4.78 is 42.4. The van der Waals surface area contributed by atoms with Gasteiger partial charge in [0.25, 0.3) is 0 Å². The minimum Gasteiger partial charge on any atom is -0.428 e. The smallest absolute Gasteiger partial charge is 0.428 e. The first-order chi connectivity index (χ1) is 15.0. The number of halogens is 2. The molecule has 7 nitrogen and oxygen atoms in total. The Morgan fingerprint density at radius 1 is 1.10 bits per heavy atom. The number of hydrogen-bond acceptors (Lipinski definition) is 6. The van der Waals surface area contributed by atoms with Gasteiger partial charge in [-0.1, -0.05) is 12.8 Å². The van der Waals surface area contributed by atoms with Crippen LogP contribution in [0.5, 0.6) is 5.75 Å². The van der Waals surface area contributed by atoms with Crippen LogP contribution in [0.2, 0.25) is 0 Å². The Morgan fingerprint density at radius 3 is 2.48 bits per heavy atom. The molecule has 2 saturated heterocycles. The van der Waals surface area contributed by atoms with Crippen molar-refractivity contribution in [3.63, 3.8) is 0 Å².